The van der Waals surface area contributed by atoms with Gasteiger partial charge in [-0.15, -0.1) is 0 Å². The monoisotopic (exact) mass is 255 g/mol. The first-order chi connectivity index (χ1) is 8.11. The van der Waals surface area contributed by atoms with E-state index in [4.69, 9.17) is 4.74 Å². The molecule has 1 fully saturated rings. The van der Waals surface area contributed by atoms with E-state index in [0.717, 1.165) is 18.5 Å². The van der Waals surface area contributed by atoms with E-state index in [1.54, 1.807) is 19.2 Å². The first-order valence-electron chi connectivity index (χ1n) is 5.66. The van der Waals surface area contributed by atoms with Crippen molar-refractivity contribution in [3.8, 4) is 5.75 Å². The highest BCUT2D eigenvalue weighted by molar-refractivity contribution is 7.90. The molecule has 0 bridgehead atoms. The molecule has 94 valence electrons. The zero-order valence-electron chi connectivity index (χ0n) is 9.85. The molecule has 1 atom stereocenters. The van der Waals surface area contributed by atoms with Crippen LogP contribution in [0, 0.1) is 0 Å². The van der Waals surface area contributed by atoms with Gasteiger partial charge in [-0.2, -0.15) is 0 Å². The fraction of sp³-hybridized carbons (Fsp3) is 0.500. The predicted octanol–water partition coefficient (Wildman–Crippen LogP) is 0.972. The summed E-state index contributed by atoms with van der Waals surface area (Å²) in [4.78, 5) is 0. The van der Waals surface area contributed by atoms with Crippen molar-refractivity contribution in [1.29, 1.82) is 0 Å². The first-order valence-corrected chi connectivity index (χ1v) is 7.48. The van der Waals surface area contributed by atoms with Crippen molar-refractivity contribution in [3.05, 3.63) is 29.8 Å². The van der Waals surface area contributed by atoms with Crippen molar-refractivity contribution < 1.29 is 13.2 Å². The van der Waals surface area contributed by atoms with Gasteiger partial charge in [-0.1, -0.05) is 18.2 Å². The summed E-state index contributed by atoms with van der Waals surface area (Å²) in [6.07, 6.45) is 0.950. The van der Waals surface area contributed by atoms with Crippen LogP contribution >= 0.6 is 0 Å². The molecule has 0 amide bonds. The van der Waals surface area contributed by atoms with Crippen molar-refractivity contribution in [2.75, 3.05) is 19.4 Å². The lowest BCUT2D eigenvalue weighted by Gasteiger charge is -2.27. The molecule has 0 aliphatic carbocycles. The van der Waals surface area contributed by atoms with Gasteiger partial charge in [-0.25, -0.2) is 8.42 Å². The summed E-state index contributed by atoms with van der Waals surface area (Å²) in [5.41, 5.74) is 0.731. The lowest BCUT2D eigenvalue weighted by atomic mass is 10.1. The summed E-state index contributed by atoms with van der Waals surface area (Å²) in [6, 6.07) is 7.38. The van der Waals surface area contributed by atoms with Crippen LogP contribution in [0.5, 0.6) is 5.75 Å². The molecule has 2 rings (SSSR count). The quantitative estimate of drug-likeness (QED) is 0.852. The van der Waals surface area contributed by atoms with E-state index in [9.17, 15) is 8.42 Å². The highest BCUT2D eigenvalue weighted by Crippen LogP contribution is 2.21. The maximum absolute atomic E-state index is 12.0. The minimum Gasteiger partial charge on any atom is -0.496 e. The lowest BCUT2D eigenvalue weighted by Crippen LogP contribution is -2.47. The number of rotatable bonds is 5. The molecule has 1 aromatic carbocycles. The van der Waals surface area contributed by atoms with Crippen LogP contribution in [0.1, 0.15) is 12.0 Å². The van der Waals surface area contributed by atoms with Crippen LogP contribution in [0.25, 0.3) is 0 Å². The summed E-state index contributed by atoms with van der Waals surface area (Å²) >= 11 is 0. The van der Waals surface area contributed by atoms with Gasteiger partial charge in [-0.3, -0.25) is 0 Å². The standard InChI is InChI=1S/C12H17NO3S/c1-16-12-5-3-2-4-10(12)8-17(14,15)9-11-6-7-13-11/h2-5,11,13H,6-9H2,1H3. The Hall–Kier alpha value is -1.07. The van der Waals surface area contributed by atoms with E-state index in [1.807, 2.05) is 12.1 Å². The van der Waals surface area contributed by atoms with Crippen molar-refractivity contribution in [2.24, 2.45) is 0 Å². The molecule has 4 nitrogen and oxygen atoms in total. The van der Waals surface area contributed by atoms with Crippen LogP contribution in [0.2, 0.25) is 0 Å². The summed E-state index contributed by atoms with van der Waals surface area (Å²) in [5, 5.41) is 3.11. The van der Waals surface area contributed by atoms with Gasteiger partial charge in [0.25, 0.3) is 0 Å². The van der Waals surface area contributed by atoms with Gasteiger partial charge in [0.05, 0.1) is 18.6 Å². The number of ether oxygens (including phenoxy) is 1. The average molecular weight is 255 g/mol. The van der Waals surface area contributed by atoms with Crippen molar-refractivity contribution >= 4 is 9.84 Å². The van der Waals surface area contributed by atoms with Crippen molar-refractivity contribution in [2.45, 2.75) is 18.2 Å². The van der Waals surface area contributed by atoms with Crippen molar-refractivity contribution in [3.63, 3.8) is 0 Å². The number of para-hydroxylation sites is 1. The zero-order chi connectivity index (χ0) is 12.3. The number of methoxy groups -OCH3 is 1. The molecule has 1 saturated heterocycles. The zero-order valence-corrected chi connectivity index (χ0v) is 10.7. The Morgan fingerprint density at radius 1 is 1.41 bits per heavy atom. The fourth-order valence-corrected chi connectivity index (χ4v) is 3.64. The Morgan fingerprint density at radius 2 is 2.12 bits per heavy atom. The van der Waals surface area contributed by atoms with Crippen molar-refractivity contribution in [1.82, 2.24) is 5.32 Å². The van der Waals surface area contributed by atoms with E-state index < -0.39 is 9.84 Å². The van der Waals surface area contributed by atoms with E-state index in [1.165, 1.54) is 0 Å². The van der Waals surface area contributed by atoms with Gasteiger partial charge >= 0.3 is 0 Å². The summed E-state index contributed by atoms with van der Waals surface area (Å²) in [7, 11) is -1.52. The molecule has 5 heteroatoms. The lowest BCUT2D eigenvalue weighted by molar-refractivity contribution is 0.398. The predicted molar refractivity (Wildman–Crippen MR) is 66.9 cm³/mol. The molecule has 1 heterocycles. The molecule has 17 heavy (non-hydrogen) atoms. The van der Waals surface area contributed by atoms with Gasteiger partial charge in [0.2, 0.25) is 0 Å². The van der Waals surface area contributed by atoms with Crippen LogP contribution in [-0.2, 0) is 15.6 Å². The van der Waals surface area contributed by atoms with E-state index in [-0.39, 0.29) is 17.5 Å². The maximum atomic E-state index is 12.0. The topological polar surface area (TPSA) is 55.4 Å². The van der Waals surface area contributed by atoms with Crippen LogP contribution in [0.15, 0.2) is 24.3 Å². The second-order valence-electron chi connectivity index (χ2n) is 4.31. The Bertz CT molecular complexity index is 480. The summed E-state index contributed by atoms with van der Waals surface area (Å²) in [6.45, 7) is 0.925. The van der Waals surface area contributed by atoms with Gasteiger partial charge in [0.1, 0.15) is 5.75 Å². The Morgan fingerprint density at radius 3 is 2.71 bits per heavy atom. The van der Waals surface area contributed by atoms with Crippen LogP contribution in [-0.4, -0.2) is 33.9 Å². The molecule has 0 saturated carbocycles. The molecule has 1 N–H and O–H groups in total. The normalized spacial score (nSPS) is 19.7. The average Bonchev–Trinajstić information content (AvgIpc) is 2.24. The molecule has 0 spiro atoms. The molecule has 1 aliphatic rings. The van der Waals surface area contributed by atoms with Crippen LogP contribution in [0.4, 0.5) is 0 Å². The molecule has 1 unspecified atom stereocenters. The number of hydrogen-bond acceptors (Lipinski definition) is 4. The van der Waals surface area contributed by atoms with Crippen LogP contribution < -0.4 is 10.1 Å². The van der Waals surface area contributed by atoms with E-state index in [2.05, 4.69) is 5.32 Å². The van der Waals surface area contributed by atoms with Gasteiger partial charge in [-0.05, 0) is 19.0 Å². The maximum Gasteiger partial charge on any atom is 0.156 e. The van der Waals surface area contributed by atoms with Gasteiger partial charge in [0, 0.05) is 11.6 Å². The van der Waals surface area contributed by atoms with E-state index >= 15 is 0 Å². The second kappa shape index (κ2) is 5.06. The number of sulfone groups is 1. The molecule has 1 aromatic rings. The second-order valence-corrected chi connectivity index (χ2v) is 6.42. The number of hydrogen-bond donors (Lipinski definition) is 1. The molecule has 1 aliphatic heterocycles. The smallest absolute Gasteiger partial charge is 0.156 e. The van der Waals surface area contributed by atoms with Gasteiger partial charge < -0.3 is 10.1 Å². The highest BCUT2D eigenvalue weighted by atomic mass is 32.2. The third-order valence-electron chi connectivity index (χ3n) is 2.95. The molecular weight excluding hydrogens is 238 g/mol. The first kappa shape index (κ1) is 12.4. The largest absolute Gasteiger partial charge is 0.496 e. The summed E-state index contributed by atoms with van der Waals surface area (Å²) in [5.74, 6) is 0.901. The number of nitrogens with one attached hydrogen (secondary N) is 1. The van der Waals surface area contributed by atoms with E-state index in [0.29, 0.717) is 5.75 Å². The Labute approximate surface area is 102 Å². The molecule has 0 radical (unpaired) electrons. The third-order valence-corrected chi connectivity index (χ3v) is 4.61. The third kappa shape index (κ3) is 3.20. The minimum atomic E-state index is -3.07. The SMILES string of the molecule is COc1ccccc1CS(=O)(=O)CC1CCN1. The Balaban J connectivity index is 2.08. The number of benzene rings is 1. The molecule has 0 aromatic heterocycles. The summed E-state index contributed by atoms with van der Waals surface area (Å²) < 4.78 is 29.1. The minimum absolute atomic E-state index is 0.0508. The van der Waals surface area contributed by atoms with Crippen LogP contribution in [0.3, 0.4) is 0 Å². The highest BCUT2D eigenvalue weighted by Gasteiger charge is 2.24. The van der Waals surface area contributed by atoms with Gasteiger partial charge in [0.15, 0.2) is 9.84 Å². The Kier molecular flexibility index (Phi) is 3.69. The molecular formula is C12H17NO3S. The fourth-order valence-electron chi connectivity index (χ4n) is 1.92.